The number of benzene rings is 2. The van der Waals surface area contributed by atoms with Gasteiger partial charge in [-0.05, 0) is 37.6 Å². The summed E-state index contributed by atoms with van der Waals surface area (Å²) in [4.78, 5) is 23.7. The number of rotatable bonds is 4. The lowest BCUT2D eigenvalue weighted by Gasteiger charge is -2.21. The molecule has 2 heterocycles. The van der Waals surface area contributed by atoms with Crippen LogP contribution in [0.4, 0.5) is 5.69 Å². The third kappa shape index (κ3) is 3.42. The molecule has 4 aromatic rings. The summed E-state index contributed by atoms with van der Waals surface area (Å²) >= 11 is 0. The van der Waals surface area contributed by atoms with Crippen molar-refractivity contribution in [2.75, 3.05) is 4.90 Å². The lowest BCUT2D eigenvalue weighted by Crippen LogP contribution is -2.31. The fourth-order valence-corrected chi connectivity index (χ4v) is 3.03. The van der Waals surface area contributed by atoms with Crippen LogP contribution in [0.3, 0.4) is 0 Å². The van der Waals surface area contributed by atoms with E-state index < -0.39 is 0 Å². The molecule has 0 saturated heterocycles. The van der Waals surface area contributed by atoms with Gasteiger partial charge in [0.1, 0.15) is 0 Å². The van der Waals surface area contributed by atoms with Gasteiger partial charge in [0, 0.05) is 17.1 Å². The minimum atomic E-state index is -0.257. The highest BCUT2D eigenvalue weighted by Gasteiger charge is 2.23. The van der Waals surface area contributed by atoms with Crippen molar-refractivity contribution >= 4 is 17.4 Å². The van der Waals surface area contributed by atoms with E-state index in [1.165, 1.54) is 0 Å². The van der Waals surface area contributed by atoms with E-state index in [0.29, 0.717) is 12.3 Å². The number of fused-ring (bicyclic) bond motifs is 1. The first kappa shape index (κ1) is 16.9. The predicted molar refractivity (Wildman–Crippen MR) is 104 cm³/mol. The second-order valence-corrected chi connectivity index (χ2v) is 6.40. The largest absolute Gasteiger partial charge is 0.301 e. The molecule has 0 aliphatic rings. The highest BCUT2D eigenvalue weighted by molar-refractivity contribution is 6.03. The fourth-order valence-electron chi connectivity index (χ4n) is 3.03. The molecule has 1 amide bonds. The quantitative estimate of drug-likeness (QED) is 0.560. The van der Waals surface area contributed by atoms with E-state index in [0.717, 1.165) is 22.6 Å². The molecule has 0 radical (unpaired) electrons. The van der Waals surface area contributed by atoms with Crippen LogP contribution in [0, 0.1) is 13.8 Å². The number of hydrogen-bond donors (Lipinski definition) is 0. The zero-order chi connectivity index (χ0) is 18.8. The fraction of sp³-hybridized carbons (Fsp3) is 0.143. The van der Waals surface area contributed by atoms with Crippen LogP contribution in [0.1, 0.15) is 27.6 Å². The van der Waals surface area contributed by atoms with Crippen molar-refractivity contribution in [2.45, 2.75) is 20.4 Å². The van der Waals surface area contributed by atoms with Gasteiger partial charge in [-0.1, -0.05) is 48.5 Å². The van der Waals surface area contributed by atoms with Crippen LogP contribution in [0.5, 0.6) is 0 Å². The summed E-state index contributed by atoms with van der Waals surface area (Å²) in [6.07, 6.45) is 0. The number of carbonyl (C=O) groups is 1. The Morgan fingerprint density at radius 3 is 2.33 bits per heavy atom. The normalized spacial score (nSPS) is 10.9. The van der Waals surface area contributed by atoms with Gasteiger partial charge in [-0.15, -0.1) is 5.10 Å². The Kier molecular flexibility index (Phi) is 4.38. The first-order valence-corrected chi connectivity index (χ1v) is 8.74. The molecule has 0 aliphatic heterocycles. The molecule has 0 spiro atoms. The second-order valence-electron chi connectivity index (χ2n) is 6.40. The summed E-state index contributed by atoms with van der Waals surface area (Å²) in [5.74, 6) is 0.312. The Balaban J connectivity index is 1.75. The first-order valence-electron chi connectivity index (χ1n) is 8.74. The third-order valence-corrected chi connectivity index (χ3v) is 4.31. The molecule has 2 aromatic heterocycles. The molecule has 2 aromatic carbocycles. The van der Waals surface area contributed by atoms with Crippen molar-refractivity contribution in [3.8, 4) is 0 Å². The Hall–Kier alpha value is -3.54. The highest BCUT2D eigenvalue weighted by Crippen LogP contribution is 2.19. The van der Waals surface area contributed by atoms with E-state index in [9.17, 15) is 4.79 Å². The van der Waals surface area contributed by atoms with Crippen molar-refractivity contribution in [1.29, 1.82) is 0 Å². The van der Waals surface area contributed by atoms with Crippen LogP contribution in [-0.2, 0) is 6.54 Å². The van der Waals surface area contributed by atoms with Gasteiger partial charge in [0.25, 0.3) is 11.7 Å². The monoisotopic (exact) mass is 357 g/mol. The highest BCUT2D eigenvalue weighted by atomic mass is 16.2. The van der Waals surface area contributed by atoms with Gasteiger partial charge in [0.2, 0.25) is 5.82 Å². The maximum absolute atomic E-state index is 13.3. The Morgan fingerprint density at radius 1 is 0.963 bits per heavy atom. The lowest BCUT2D eigenvalue weighted by atomic mass is 10.2. The van der Waals surface area contributed by atoms with E-state index in [-0.39, 0.29) is 11.7 Å². The van der Waals surface area contributed by atoms with Gasteiger partial charge in [-0.3, -0.25) is 4.79 Å². The van der Waals surface area contributed by atoms with E-state index in [1.807, 2.05) is 80.6 Å². The molecule has 6 heteroatoms. The molecular formula is C21H19N5O. The van der Waals surface area contributed by atoms with Crippen molar-refractivity contribution in [3.05, 3.63) is 89.5 Å². The Bertz CT molecular complexity index is 1090. The van der Waals surface area contributed by atoms with Crippen molar-refractivity contribution < 1.29 is 4.79 Å². The number of hydrogen-bond acceptors (Lipinski definition) is 4. The number of carbonyl (C=O) groups excluding carboxylic acids is 1. The van der Waals surface area contributed by atoms with Gasteiger partial charge >= 0.3 is 0 Å². The second kappa shape index (κ2) is 6.99. The molecule has 0 fully saturated rings. The predicted octanol–water partition coefficient (Wildman–Crippen LogP) is 3.59. The summed E-state index contributed by atoms with van der Waals surface area (Å²) in [5.41, 5.74) is 3.56. The van der Waals surface area contributed by atoms with Crippen molar-refractivity contribution in [1.82, 2.24) is 19.6 Å². The zero-order valence-electron chi connectivity index (χ0n) is 15.2. The average molecular weight is 357 g/mol. The van der Waals surface area contributed by atoms with Gasteiger partial charge in [-0.2, -0.15) is 4.98 Å². The van der Waals surface area contributed by atoms with Gasteiger partial charge in [0.15, 0.2) is 0 Å². The average Bonchev–Trinajstić information content (AvgIpc) is 3.11. The van der Waals surface area contributed by atoms with Crippen LogP contribution in [0.25, 0.3) is 5.78 Å². The topological polar surface area (TPSA) is 63.4 Å². The minimum absolute atomic E-state index is 0.135. The van der Waals surface area contributed by atoms with Crippen LogP contribution in [0.2, 0.25) is 0 Å². The van der Waals surface area contributed by atoms with E-state index in [1.54, 1.807) is 9.42 Å². The van der Waals surface area contributed by atoms with Gasteiger partial charge in [0.05, 0.1) is 6.54 Å². The summed E-state index contributed by atoms with van der Waals surface area (Å²) in [5, 5.41) is 4.39. The number of aromatic nitrogens is 4. The maximum atomic E-state index is 13.3. The molecule has 0 aliphatic carbocycles. The summed E-state index contributed by atoms with van der Waals surface area (Å²) in [6, 6.07) is 21.3. The van der Waals surface area contributed by atoms with Crippen LogP contribution >= 0.6 is 0 Å². The molecule has 0 saturated carbocycles. The summed E-state index contributed by atoms with van der Waals surface area (Å²) in [6.45, 7) is 4.25. The molecular weight excluding hydrogens is 338 g/mol. The molecule has 4 rings (SSSR count). The standard InChI is InChI=1S/C21H19N5O/c1-15-13-16(2)26-21(22-15)23-19(24-26)20(27)25(18-11-7-4-8-12-18)14-17-9-5-3-6-10-17/h3-13H,14H2,1-2H3. The van der Waals surface area contributed by atoms with Crippen molar-refractivity contribution in [3.63, 3.8) is 0 Å². The van der Waals surface area contributed by atoms with Crippen LogP contribution < -0.4 is 4.90 Å². The van der Waals surface area contributed by atoms with E-state index in [4.69, 9.17) is 0 Å². The maximum Gasteiger partial charge on any atom is 0.298 e. The Morgan fingerprint density at radius 2 is 1.63 bits per heavy atom. The third-order valence-electron chi connectivity index (χ3n) is 4.31. The number of nitrogens with zero attached hydrogens (tertiary/aromatic N) is 5. The smallest absolute Gasteiger partial charge is 0.298 e. The first-order chi connectivity index (χ1) is 13.1. The number of aryl methyl sites for hydroxylation is 2. The van der Waals surface area contributed by atoms with Crippen molar-refractivity contribution in [2.24, 2.45) is 0 Å². The molecule has 6 nitrogen and oxygen atoms in total. The molecule has 27 heavy (non-hydrogen) atoms. The summed E-state index contributed by atoms with van der Waals surface area (Å²) < 4.78 is 1.60. The molecule has 0 unspecified atom stereocenters. The minimum Gasteiger partial charge on any atom is -0.301 e. The Labute approximate surface area is 157 Å². The molecule has 0 atom stereocenters. The SMILES string of the molecule is Cc1cc(C)n2nc(C(=O)N(Cc3ccccc3)c3ccccc3)nc2n1. The van der Waals surface area contributed by atoms with E-state index in [2.05, 4.69) is 15.1 Å². The number of amides is 1. The van der Waals surface area contributed by atoms with Gasteiger partial charge < -0.3 is 4.90 Å². The molecule has 134 valence electrons. The number of para-hydroxylation sites is 1. The lowest BCUT2D eigenvalue weighted by molar-refractivity contribution is 0.0975. The zero-order valence-corrected chi connectivity index (χ0v) is 15.2. The van der Waals surface area contributed by atoms with E-state index >= 15 is 0 Å². The summed E-state index contributed by atoms with van der Waals surface area (Å²) in [7, 11) is 0. The molecule has 0 bridgehead atoms. The van der Waals surface area contributed by atoms with Crippen LogP contribution in [-0.4, -0.2) is 25.5 Å². The van der Waals surface area contributed by atoms with Gasteiger partial charge in [-0.25, -0.2) is 9.50 Å². The number of anilines is 1. The van der Waals surface area contributed by atoms with Crippen LogP contribution in [0.15, 0.2) is 66.7 Å². The molecule has 0 N–H and O–H groups in total.